The second-order valence-electron chi connectivity index (χ2n) is 8.46. The predicted octanol–water partition coefficient (Wildman–Crippen LogP) is 4.04. The van der Waals surface area contributed by atoms with E-state index in [1.807, 2.05) is 62.8 Å². The van der Waals surface area contributed by atoms with Crippen molar-refractivity contribution in [1.82, 2.24) is 15.1 Å². The second kappa shape index (κ2) is 9.92. The average molecular weight is 434 g/mol. The monoisotopic (exact) mass is 433 g/mol. The van der Waals surface area contributed by atoms with Gasteiger partial charge in [-0.1, -0.05) is 42.5 Å². The molecular weight excluding hydrogens is 402 g/mol. The van der Waals surface area contributed by atoms with Crippen LogP contribution in [-0.2, 0) is 17.8 Å². The maximum Gasteiger partial charge on any atom is 0.250 e. The number of likely N-dealkylation sites (N-methyl/N-ethyl adjacent to an activating group) is 1. The molecule has 0 aliphatic carbocycles. The largest absolute Gasteiger partial charge is 0.454 e. The summed E-state index contributed by atoms with van der Waals surface area (Å²) < 4.78 is 10.9. The number of ether oxygens (including phenoxy) is 2. The molecule has 0 bridgehead atoms. The maximum absolute atomic E-state index is 12.9. The first-order valence-corrected chi connectivity index (χ1v) is 11.1. The molecule has 168 valence electrons. The zero-order valence-electron chi connectivity index (χ0n) is 19.0. The van der Waals surface area contributed by atoms with Crippen molar-refractivity contribution in [2.75, 3.05) is 13.8 Å². The number of fused-ring (bicyclic) bond motifs is 1. The van der Waals surface area contributed by atoms with Gasteiger partial charge >= 0.3 is 0 Å². The van der Waals surface area contributed by atoms with Crippen molar-refractivity contribution in [2.24, 2.45) is 0 Å². The van der Waals surface area contributed by atoms with Gasteiger partial charge in [0.05, 0.1) is 6.17 Å². The minimum atomic E-state index is -0.0964. The topological polar surface area (TPSA) is 54.0 Å². The lowest BCUT2D eigenvalue weighted by Crippen LogP contribution is -2.49. The van der Waals surface area contributed by atoms with Gasteiger partial charge in [0.15, 0.2) is 11.5 Å². The van der Waals surface area contributed by atoms with Crippen LogP contribution in [0.25, 0.3) is 0 Å². The number of benzene rings is 2. The van der Waals surface area contributed by atoms with E-state index in [1.54, 1.807) is 0 Å². The number of allylic oxidation sites excluding steroid dienone is 1. The Balaban J connectivity index is 1.32. The average Bonchev–Trinajstić information content (AvgIpc) is 3.27. The number of carbonyl (C=O) groups excluding carboxylic acids is 1. The number of carbonyl (C=O) groups is 1. The molecule has 4 rings (SSSR count). The van der Waals surface area contributed by atoms with E-state index >= 15 is 0 Å². The third-order valence-corrected chi connectivity index (χ3v) is 6.07. The summed E-state index contributed by atoms with van der Waals surface area (Å²) in [5, 5.41) is 3.16. The Morgan fingerprint density at radius 3 is 2.69 bits per heavy atom. The van der Waals surface area contributed by atoms with Gasteiger partial charge in [-0.15, -0.1) is 0 Å². The molecule has 2 aromatic carbocycles. The smallest absolute Gasteiger partial charge is 0.250 e. The van der Waals surface area contributed by atoms with E-state index in [-0.39, 0.29) is 24.9 Å². The van der Waals surface area contributed by atoms with Gasteiger partial charge in [0.2, 0.25) is 12.7 Å². The maximum atomic E-state index is 12.9. The Hall–Kier alpha value is -3.25. The number of nitrogens with zero attached hydrogens (tertiary/aromatic N) is 2. The van der Waals surface area contributed by atoms with Crippen LogP contribution in [0.2, 0.25) is 0 Å². The first-order chi connectivity index (χ1) is 15.5. The molecular formula is C26H31N3O3. The van der Waals surface area contributed by atoms with Crippen LogP contribution in [-0.4, -0.2) is 41.8 Å². The van der Waals surface area contributed by atoms with Crippen molar-refractivity contribution in [1.29, 1.82) is 0 Å². The summed E-state index contributed by atoms with van der Waals surface area (Å²) >= 11 is 0. The Kier molecular flexibility index (Phi) is 6.81. The standard InChI is InChI=1S/C26H31N3O3/c1-19(14-22-11-12-24-25(15-22)32-18-31-24)28(3)20(2)27-26(30)23-10-7-13-29(17-23)16-21-8-5-4-6-9-21/h4-9,11-13,15,17,19-20H,10,14,16,18H2,1-3H3,(H,27,30). The summed E-state index contributed by atoms with van der Waals surface area (Å²) in [6.07, 6.45) is 7.41. The molecule has 2 aliphatic heterocycles. The van der Waals surface area contributed by atoms with Crippen LogP contribution in [0.1, 0.15) is 31.4 Å². The molecule has 0 spiro atoms. The first kappa shape index (κ1) is 22.0. The van der Waals surface area contributed by atoms with Gasteiger partial charge in [0, 0.05) is 30.6 Å². The predicted molar refractivity (Wildman–Crippen MR) is 125 cm³/mol. The molecule has 2 heterocycles. The van der Waals surface area contributed by atoms with Crippen LogP contribution in [0.5, 0.6) is 11.5 Å². The Bertz CT molecular complexity index is 1000. The number of hydrogen-bond acceptors (Lipinski definition) is 5. The molecule has 0 saturated carbocycles. The molecule has 2 unspecified atom stereocenters. The molecule has 0 aromatic heterocycles. The number of hydrogen-bond donors (Lipinski definition) is 1. The van der Waals surface area contributed by atoms with Crippen molar-refractivity contribution < 1.29 is 14.3 Å². The van der Waals surface area contributed by atoms with Crippen LogP contribution in [0, 0.1) is 0 Å². The molecule has 6 nitrogen and oxygen atoms in total. The molecule has 2 aliphatic rings. The van der Waals surface area contributed by atoms with Crippen LogP contribution >= 0.6 is 0 Å². The van der Waals surface area contributed by atoms with Gasteiger partial charge in [0.25, 0.3) is 0 Å². The second-order valence-corrected chi connectivity index (χ2v) is 8.46. The van der Waals surface area contributed by atoms with E-state index < -0.39 is 0 Å². The summed E-state index contributed by atoms with van der Waals surface area (Å²) in [6, 6.07) is 16.6. The van der Waals surface area contributed by atoms with E-state index in [9.17, 15) is 4.79 Å². The Labute approximate surface area is 190 Å². The van der Waals surface area contributed by atoms with Crippen LogP contribution < -0.4 is 14.8 Å². The lowest BCUT2D eigenvalue weighted by atomic mass is 10.1. The zero-order chi connectivity index (χ0) is 22.5. The lowest BCUT2D eigenvalue weighted by molar-refractivity contribution is -0.119. The summed E-state index contributed by atoms with van der Waals surface area (Å²) in [4.78, 5) is 17.2. The van der Waals surface area contributed by atoms with Crippen LogP contribution in [0.15, 0.2) is 72.6 Å². The molecule has 6 heteroatoms. The molecule has 2 aromatic rings. The molecule has 0 saturated heterocycles. The Morgan fingerprint density at radius 2 is 1.88 bits per heavy atom. The molecule has 1 N–H and O–H groups in total. The van der Waals surface area contributed by atoms with Crippen molar-refractivity contribution in [3.05, 3.63) is 83.7 Å². The normalized spacial score (nSPS) is 16.6. The summed E-state index contributed by atoms with van der Waals surface area (Å²) in [5.41, 5.74) is 3.16. The van der Waals surface area contributed by atoms with Gasteiger partial charge in [-0.2, -0.15) is 0 Å². The highest BCUT2D eigenvalue weighted by molar-refractivity contribution is 5.93. The Morgan fingerprint density at radius 1 is 1.09 bits per heavy atom. The lowest BCUT2D eigenvalue weighted by Gasteiger charge is -2.32. The van der Waals surface area contributed by atoms with Crippen LogP contribution in [0.3, 0.4) is 0 Å². The molecule has 0 fully saturated rings. The van der Waals surface area contributed by atoms with Crippen molar-refractivity contribution in [3.63, 3.8) is 0 Å². The molecule has 2 atom stereocenters. The third-order valence-electron chi connectivity index (χ3n) is 6.07. The highest BCUT2D eigenvalue weighted by Crippen LogP contribution is 2.33. The van der Waals surface area contributed by atoms with Gasteiger partial charge < -0.3 is 19.7 Å². The molecule has 32 heavy (non-hydrogen) atoms. The van der Waals surface area contributed by atoms with E-state index in [2.05, 4.69) is 40.2 Å². The van der Waals surface area contributed by atoms with E-state index in [0.29, 0.717) is 6.42 Å². The summed E-state index contributed by atoms with van der Waals surface area (Å²) in [7, 11) is 2.04. The van der Waals surface area contributed by atoms with Crippen molar-refractivity contribution in [3.8, 4) is 11.5 Å². The SMILES string of the molecule is CC(Cc1ccc2c(c1)OCO2)N(C)C(C)NC(=O)C1=CN(Cc2ccccc2)C=CC1. The van der Waals surface area contributed by atoms with Crippen molar-refractivity contribution >= 4 is 5.91 Å². The number of amides is 1. The summed E-state index contributed by atoms with van der Waals surface area (Å²) in [5.74, 6) is 1.57. The first-order valence-electron chi connectivity index (χ1n) is 11.1. The number of rotatable bonds is 8. The third kappa shape index (κ3) is 5.32. The molecule has 0 radical (unpaired) electrons. The van der Waals surface area contributed by atoms with E-state index in [1.165, 1.54) is 11.1 Å². The number of nitrogens with one attached hydrogen (secondary N) is 1. The highest BCUT2D eigenvalue weighted by Gasteiger charge is 2.22. The fourth-order valence-electron chi connectivity index (χ4n) is 3.97. The van der Waals surface area contributed by atoms with E-state index in [4.69, 9.17) is 9.47 Å². The quantitative estimate of drug-likeness (QED) is 0.637. The van der Waals surface area contributed by atoms with Gasteiger partial charge in [-0.3, -0.25) is 9.69 Å². The molecule has 1 amide bonds. The van der Waals surface area contributed by atoms with Gasteiger partial charge in [-0.25, -0.2) is 0 Å². The zero-order valence-corrected chi connectivity index (χ0v) is 19.0. The minimum absolute atomic E-state index is 0.0259. The van der Waals surface area contributed by atoms with Gasteiger partial charge in [0.1, 0.15) is 0 Å². The summed E-state index contributed by atoms with van der Waals surface area (Å²) in [6.45, 7) is 5.22. The van der Waals surface area contributed by atoms with Crippen LogP contribution in [0.4, 0.5) is 0 Å². The minimum Gasteiger partial charge on any atom is -0.454 e. The van der Waals surface area contributed by atoms with E-state index in [0.717, 1.165) is 30.0 Å². The van der Waals surface area contributed by atoms with Crippen molar-refractivity contribution in [2.45, 2.75) is 45.4 Å². The highest BCUT2D eigenvalue weighted by atomic mass is 16.7. The fourth-order valence-corrected chi connectivity index (χ4v) is 3.97. The fraction of sp³-hybridized carbons (Fsp3) is 0.346. The van der Waals surface area contributed by atoms with Gasteiger partial charge in [-0.05, 0) is 57.0 Å².